The molecule has 1 saturated carbocycles. The quantitative estimate of drug-likeness (QED) is 0.214. The van der Waals surface area contributed by atoms with Crippen molar-refractivity contribution in [1.82, 2.24) is 9.97 Å². The van der Waals surface area contributed by atoms with Crippen LogP contribution in [0.25, 0.3) is 0 Å². The van der Waals surface area contributed by atoms with E-state index in [1.54, 1.807) is 18.5 Å². The molecular weight excluding hydrogens is 534 g/mol. The molecule has 200 valence electrons. The zero-order chi connectivity index (χ0) is 27.8. The maximum absolute atomic E-state index is 15.1. The summed E-state index contributed by atoms with van der Waals surface area (Å²) in [5.74, 6) is -1.14. The van der Waals surface area contributed by atoms with Gasteiger partial charge < -0.3 is 9.64 Å². The number of benzene rings is 1. The van der Waals surface area contributed by atoms with E-state index in [1.807, 2.05) is 12.1 Å². The average molecular weight is 556 g/mol. The van der Waals surface area contributed by atoms with Crippen LogP contribution < -0.4 is 14.5 Å². The van der Waals surface area contributed by atoms with Crippen molar-refractivity contribution in [2.24, 2.45) is 0 Å². The van der Waals surface area contributed by atoms with E-state index in [0.717, 1.165) is 23.1 Å². The molecule has 1 spiro atoms. The summed E-state index contributed by atoms with van der Waals surface area (Å²) in [7, 11) is 0. The molecule has 1 aromatic carbocycles. The number of ether oxygens (including phenoxy) is 1. The Hall–Kier alpha value is -4.11. The molecule has 12 heteroatoms. The third kappa shape index (κ3) is 4.78. The van der Waals surface area contributed by atoms with Crippen molar-refractivity contribution in [2.45, 2.75) is 43.8 Å². The van der Waals surface area contributed by atoms with Crippen LogP contribution in [-0.2, 0) is 17.4 Å². The van der Waals surface area contributed by atoms with Crippen molar-refractivity contribution in [1.29, 1.82) is 5.26 Å². The van der Waals surface area contributed by atoms with Gasteiger partial charge in [-0.15, -0.1) is 0 Å². The first-order chi connectivity index (χ1) is 18.7. The highest BCUT2D eigenvalue weighted by Crippen LogP contribution is 2.48. The fourth-order valence-corrected chi connectivity index (χ4v) is 5.31. The second kappa shape index (κ2) is 10.2. The van der Waals surface area contributed by atoms with Gasteiger partial charge in [-0.1, -0.05) is 6.07 Å². The van der Waals surface area contributed by atoms with E-state index in [4.69, 9.17) is 22.2 Å². The van der Waals surface area contributed by atoms with E-state index in [1.165, 1.54) is 23.1 Å². The first-order valence-electron chi connectivity index (χ1n) is 12.1. The number of aryl methyl sites for hydroxylation is 1. The minimum atomic E-state index is -4.86. The summed E-state index contributed by atoms with van der Waals surface area (Å²) < 4.78 is 61.3. The normalized spacial score (nSPS) is 16.4. The molecule has 0 unspecified atom stereocenters. The van der Waals surface area contributed by atoms with Crippen LogP contribution in [0, 0.1) is 17.1 Å². The molecule has 0 bridgehead atoms. The molecule has 2 aliphatic rings. The smallest absolute Gasteiger partial charge is 0.419 e. The third-order valence-electron chi connectivity index (χ3n) is 6.90. The molecule has 7 nitrogen and oxygen atoms in total. The van der Waals surface area contributed by atoms with Gasteiger partial charge in [-0.05, 0) is 74.2 Å². The lowest BCUT2D eigenvalue weighted by molar-refractivity contribution is -0.138. The highest BCUT2D eigenvalue weighted by Gasteiger charge is 2.59. The molecule has 39 heavy (non-hydrogen) atoms. The zero-order valence-electron chi connectivity index (χ0n) is 20.4. The number of pyridine rings is 2. The Morgan fingerprint density at radius 1 is 1.15 bits per heavy atom. The average Bonchev–Trinajstić information content (AvgIpc) is 3.13. The highest BCUT2D eigenvalue weighted by molar-refractivity contribution is 7.81. The number of rotatable bonds is 7. The number of anilines is 2. The van der Waals surface area contributed by atoms with Gasteiger partial charge >= 0.3 is 6.18 Å². The van der Waals surface area contributed by atoms with E-state index >= 15 is 4.39 Å². The summed E-state index contributed by atoms with van der Waals surface area (Å²) in [5, 5.41) is 8.96. The Labute approximate surface area is 226 Å². The third-order valence-corrected chi connectivity index (χ3v) is 7.26. The zero-order valence-corrected chi connectivity index (χ0v) is 21.2. The fraction of sp³-hybridized carbons (Fsp3) is 0.296. The van der Waals surface area contributed by atoms with Crippen molar-refractivity contribution >= 4 is 34.6 Å². The second-order valence-corrected chi connectivity index (χ2v) is 9.64. The van der Waals surface area contributed by atoms with Gasteiger partial charge in [0.25, 0.3) is 5.91 Å². The molecule has 1 aliphatic carbocycles. The van der Waals surface area contributed by atoms with Crippen LogP contribution in [0.2, 0.25) is 0 Å². The number of carbonyl (C=O) groups is 1. The SMILES string of the molecule is N#Cc1ncc(N2C(=O)C3(CCC3)N(c3ccc(OCCCc4cccnc4)c(F)c3)C2=S)cc1C(F)(F)F. The first-order valence-corrected chi connectivity index (χ1v) is 12.5. The van der Waals surface area contributed by atoms with E-state index in [-0.39, 0.29) is 28.8 Å². The topological polar surface area (TPSA) is 82.4 Å². The van der Waals surface area contributed by atoms with E-state index < -0.39 is 34.7 Å². The van der Waals surface area contributed by atoms with E-state index in [2.05, 4.69) is 9.97 Å². The standard InChI is InChI=1S/C27H21F4N5O2S/c28-21-13-18(6-7-23(21)38-11-2-5-17-4-1-10-33-15-17)36-25(39)35(24(37)26(36)8-3-9-26)19-12-20(27(29,30)31)22(14-32)34-16-19/h1,4,6-7,10,12-13,15-16H,2-3,5,8-9,11H2. The van der Waals surface area contributed by atoms with Crippen LogP contribution in [0.4, 0.5) is 28.9 Å². The minimum Gasteiger partial charge on any atom is -0.491 e. The number of halogens is 4. The van der Waals surface area contributed by atoms with Gasteiger partial charge in [-0.25, -0.2) is 9.37 Å². The lowest BCUT2D eigenvalue weighted by Crippen LogP contribution is -2.55. The molecule has 5 rings (SSSR count). The predicted molar refractivity (Wildman–Crippen MR) is 138 cm³/mol. The van der Waals surface area contributed by atoms with Gasteiger partial charge in [-0.3, -0.25) is 14.7 Å². The molecule has 1 aliphatic heterocycles. The van der Waals surface area contributed by atoms with Gasteiger partial charge in [0, 0.05) is 24.1 Å². The van der Waals surface area contributed by atoms with Gasteiger partial charge in [-0.2, -0.15) is 18.4 Å². The van der Waals surface area contributed by atoms with Crippen LogP contribution in [0.5, 0.6) is 5.75 Å². The molecule has 0 radical (unpaired) electrons. The molecule has 1 amide bonds. The number of alkyl halides is 3. The molecule has 2 aromatic heterocycles. The predicted octanol–water partition coefficient (Wildman–Crippen LogP) is 5.58. The molecule has 0 atom stereocenters. The molecule has 0 N–H and O–H groups in total. The monoisotopic (exact) mass is 555 g/mol. The van der Waals surface area contributed by atoms with Crippen molar-refractivity contribution in [3.8, 4) is 11.8 Å². The van der Waals surface area contributed by atoms with Crippen LogP contribution in [-0.4, -0.2) is 33.1 Å². The summed E-state index contributed by atoms with van der Waals surface area (Å²) in [6, 6.07) is 10.1. The number of carbonyl (C=O) groups excluding carboxylic acids is 1. The number of aromatic nitrogens is 2. The lowest BCUT2D eigenvalue weighted by Gasteiger charge is -2.43. The Morgan fingerprint density at radius 2 is 1.95 bits per heavy atom. The van der Waals surface area contributed by atoms with Crippen LogP contribution in [0.3, 0.4) is 0 Å². The number of amides is 1. The summed E-state index contributed by atoms with van der Waals surface area (Å²) in [6.07, 6.45) is 2.44. The summed E-state index contributed by atoms with van der Waals surface area (Å²) >= 11 is 5.56. The highest BCUT2D eigenvalue weighted by atomic mass is 32.1. The van der Waals surface area contributed by atoms with Crippen molar-refractivity contribution < 1.29 is 27.1 Å². The Kier molecular flexibility index (Phi) is 6.94. The molecule has 3 aromatic rings. The number of hydrogen-bond acceptors (Lipinski definition) is 6. The number of hydrogen-bond donors (Lipinski definition) is 0. The van der Waals surface area contributed by atoms with Crippen molar-refractivity contribution in [3.05, 3.63) is 77.6 Å². The van der Waals surface area contributed by atoms with E-state index in [9.17, 15) is 18.0 Å². The Balaban J connectivity index is 1.38. The maximum Gasteiger partial charge on any atom is 0.419 e. The van der Waals surface area contributed by atoms with Crippen LogP contribution in [0.1, 0.15) is 42.5 Å². The molecular formula is C27H21F4N5O2S. The summed E-state index contributed by atoms with van der Waals surface area (Å²) in [4.78, 5) is 23.7. The van der Waals surface area contributed by atoms with Crippen molar-refractivity contribution in [3.63, 3.8) is 0 Å². The van der Waals surface area contributed by atoms with Crippen LogP contribution in [0.15, 0.2) is 55.0 Å². The van der Waals surface area contributed by atoms with Gasteiger partial charge in [0.15, 0.2) is 22.4 Å². The van der Waals surface area contributed by atoms with E-state index in [0.29, 0.717) is 31.7 Å². The largest absolute Gasteiger partial charge is 0.491 e. The Morgan fingerprint density at radius 3 is 2.56 bits per heavy atom. The lowest BCUT2D eigenvalue weighted by atomic mass is 9.75. The van der Waals surface area contributed by atoms with Crippen LogP contribution >= 0.6 is 12.2 Å². The van der Waals surface area contributed by atoms with Gasteiger partial charge in [0.2, 0.25) is 0 Å². The minimum absolute atomic E-state index is 0.0343. The number of nitrogens with zero attached hydrogens (tertiary/aromatic N) is 5. The maximum atomic E-state index is 15.1. The molecule has 1 saturated heterocycles. The molecule has 2 fully saturated rings. The van der Waals surface area contributed by atoms with Gasteiger partial charge in [0.1, 0.15) is 11.6 Å². The fourth-order valence-electron chi connectivity index (χ4n) is 4.84. The summed E-state index contributed by atoms with van der Waals surface area (Å²) in [6.45, 7) is 0.275. The van der Waals surface area contributed by atoms with Gasteiger partial charge in [0.05, 0.1) is 24.1 Å². The molecule has 3 heterocycles. The van der Waals surface area contributed by atoms with Crippen molar-refractivity contribution in [2.75, 3.05) is 16.4 Å². The Bertz CT molecular complexity index is 1470. The number of thiocarbonyl (C=S) groups is 1. The number of nitriles is 1. The summed E-state index contributed by atoms with van der Waals surface area (Å²) in [5.41, 5.74) is -2.10. The first kappa shape index (κ1) is 26.5. The second-order valence-electron chi connectivity index (χ2n) is 9.27.